The molecule has 43 heavy (non-hydrogen) atoms. The van der Waals surface area contributed by atoms with E-state index in [1.165, 1.54) is 12.1 Å². The maximum absolute atomic E-state index is 13.6. The van der Waals surface area contributed by atoms with Crippen molar-refractivity contribution < 1.29 is 27.2 Å². The van der Waals surface area contributed by atoms with Crippen molar-refractivity contribution in [2.45, 2.75) is 39.0 Å². The Hall–Kier alpha value is -4.92. The molecule has 0 amide bonds. The Kier molecular flexibility index (Phi) is 7.48. The number of carbonyl (C=O) groups is 1. The minimum Gasteiger partial charge on any atom is -0.458 e. The van der Waals surface area contributed by atoms with Crippen molar-refractivity contribution >= 4 is 17.5 Å². The number of hydrogen-bond donors (Lipinski definition) is 1. The topological polar surface area (TPSA) is 77.2 Å². The van der Waals surface area contributed by atoms with Crippen molar-refractivity contribution in [3.63, 3.8) is 0 Å². The summed E-state index contributed by atoms with van der Waals surface area (Å²) in [6, 6.07) is 25.9. The van der Waals surface area contributed by atoms with Crippen LogP contribution in [0.4, 0.5) is 24.7 Å². The third kappa shape index (κ3) is 6.16. The van der Waals surface area contributed by atoms with Crippen LogP contribution in [0.2, 0.25) is 0 Å². The molecule has 0 bridgehead atoms. The van der Waals surface area contributed by atoms with Crippen LogP contribution in [0.15, 0.2) is 95.5 Å². The molecule has 1 atom stereocenters. The summed E-state index contributed by atoms with van der Waals surface area (Å²) in [5.41, 5.74) is 4.28. The molecule has 6 rings (SSSR count). The smallest absolute Gasteiger partial charge is 0.417 e. The van der Waals surface area contributed by atoms with Gasteiger partial charge in [-0.05, 0) is 61.6 Å². The number of rotatable bonds is 8. The highest BCUT2D eigenvalue weighted by Crippen LogP contribution is 2.38. The lowest BCUT2D eigenvalue weighted by Crippen LogP contribution is -2.10. The van der Waals surface area contributed by atoms with Gasteiger partial charge in [0, 0.05) is 11.1 Å². The van der Waals surface area contributed by atoms with E-state index in [-0.39, 0.29) is 29.2 Å². The van der Waals surface area contributed by atoms with Crippen LogP contribution in [-0.2, 0) is 15.7 Å². The zero-order valence-corrected chi connectivity index (χ0v) is 23.5. The van der Waals surface area contributed by atoms with Crippen LogP contribution in [0.5, 0.6) is 0 Å². The first kappa shape index (κ1) is 28.2. The van der Waals surface area contributed by atoms with Crippen molar-refractivity contribution in [2.75, 3.05) is 5.32 Å². The maximum Gasteiger partial charge on any atom is 0.417 e. The number of ether oxygens (including phenoxy) is 1. The van der Waals surface area contributed by atoms with Crippen LogP contribution in [0.25, 0.3) is 33.7 Å². The summed E-state index contributed by atoms with van der Waals surface area (Å²) in [6.45, 7) is 3.65. The SMILES string of the molecule is Cc1noc(-c2ccc(-c3ccc(C(C)OC(=O)C4CC4)cc3)cc2)c1Nc1cccc(-c2ccccc2C(F)(F)F)n1. The van der Waals surface area contributed by atoms with E-state index in [9.17, 15) is 18.0 Å². The van der Waals surface area contributed by atoms with Gasteiger partial charge in [0.1, 0.15) is 23.3 Å². The Morgan fingerprint density at radius 1 is 0.907 bits per heavy atom. The fourth-order valence-corrected chi connectivity index (χ4v) is 4.87. The minimum absolute atomic E-state index is 0.00161. The van der Waals surface area contributed by atoms with Gasteiger partial charge >= 0.3 is 12.1 Å². The molecule has 1 unspecified atom stereocenters. The molecule has 5 aromatic rings. The number of halogens is 3. The molecule has 1 saturated carbocycles. The van der Waals surface area contributed by atoms with Gasteiger partial charge in [-0.3, -0.25) is 4.79 Å². The highest BCUT2D eigenvalue weighted by Gasteiger charge is 2.34. The Bertz CT molecular complexity index is 1760. The number of alkyl halides is 3. The number of hydrogen-bond acceptors (Lipinski definition) is 6. The van der Waals surface area contributed by atoms with Crippen LogP contribution in [0.1, 0.15) is 42.7 Å². The first-order valence-electron chi connectivity index (χ1n) is 14.0. The highest BCUT2D eigenvalue weighted by atomic mass is 19.4. The van der Waals surface area contributed by atoms with Gasteiger partial charge in [0.25, 0.3) is 0 Å². The van der Waals surface area contributed by atoms with E-state index in [2.05, 4.69) is 15.5 Å². The lowest BCUT2D eigenvalue weighted by molar-refractivity contribution is -0.150. The zero-order chi connectivity index (χ0) is 30.1. The van der Waals surface area contributed by atoms with Crippen molar-refractivity contribution in [3.05, 3.63) is 108 Å². The molecule has 218 valence electrons. The Balaban J connectivity index is 1.20. The molecular weight excluding hydrogens is 555 g/mol. The van der Waals surface area contributed by atoms with Crippen LogP contribution in [-0.4, -0.2) is 16.1 Å². The largest absolute Gasteiger partial charge is 0.458 e. The third-order valence-corrected chi connectivity index (χ3v) is 7.44. The van der Waals surface area contributed by atoms with Gasteiger partial charge in [-0.1, -0.05) is 78.0 Å². The lowest BCUT2D eigenvalue weighted by Gasteiger charge is -2.14. The summed E-state index contributed by atoms with van der Waals surface area (Å²) in [5, 5.41) is 7.30. The number of esters is 1. The third-order valence-electron chi connectivity index (χ3n) is 7.44. The van der Waals surface area contributed by atoms with Crippen molar-refractivity contribution in [1.82, 2.24) is 10.1 Å². The van der Waals surface area contributed by atoms with Gasteiger partial charge in [0.2, 0.25) is 0 Å². The van der Waals surface area contributed by atoms with Crippen LogP contribution < -0.4 is 5.32 Å². The van der Waals surface area contributed by atoms with Gasteiger partial charge in [0.15, 0.2) is 5.76 Å². The maximum atomic E-state index is 13.6. The van der Waals surface area contributed by atoms with Crippen molar-refractivity contribution in [2.24, 2.45) is 5.92 Å². The fourth-order valence-electron chi connectivity index (χ4n) is 4.87. The fraction of sp³-hybridized carbons (Fsp3) is 0.206. The molecule has 1 aliphatic carbocycles. The number of nitrogens with zero attached hydrogens (tertiary/aromatic N) is 2. The average molecular weight is 584 g/mol. The molecule has 2 heterocycles. The first-order valence-corrected chi connectivity index (χ1v) is 14.0. The molecule has 0 spiro atoms. The molecule has 9 heteroatoms. The van der Waals surface area contributed by atoms with E-state index in [0.717, 1.165) is 41.2 Å². The first-order chi connectivity index (χ1) is 20.7. The second kappa shape index (κ2) is 11.4. The second-order valence-corrected chi connectivity index (χ2v) is 10.6. The monoisotopic (exact) mass is 583 g/mol. The second-order valence-electron chi connectivity index (χ2n) is 10.6. The predicted molar refractivity (Wildman–Crippen MR) is 157 cm³/mol. The van der Waals surface area contributed by atoms with Crippen molar-refractivity contribution in [1.29, 1.82) is 0 Å². The normalized spacial score (nSPS) is 13.9. The van der Waals surface area contributed by atoms with Crippen LogP contribution >= 0.6 is 0 Å². The summed E-state index contributed by atoms with van der Waals surface area (Å²) < 4.78 is 52.0. The van der Waals surface area contributed by atoms with Crippen LogP contribution in [0, 0.1) is 12.8 Å². The molecule has 6 nitrogen and oxygen atoms in total. The quantitative estimate of drug-likeness (QED) is 0.184. The standard InChI is InChI=1S/C34H28F3N3O3/c1-20-31(39-30-9-5-8-29(38-30)27-6-3-4-7-28(27)34(35,36)37)32(43-40-20)25-16-14-24(15-17-25)23-12-10-22(11-13-23)21(2)42-33(41)26-18-19-26/h3-17,21,26H,18-19H2,1-2H3,(H,38,39). The number of aryl methyl sites for hydroxylation is 1. The molecule has 0 saturated heterocycles. The number of nitrogens with one attached hydrogen (secondary N) is 1. The summed E-state index contributed by atoms with van der Waals surface area (Å²) in [5.74, 6) is 0.773. The molecule has 1 N–H and O–H groups in total. The molecule has 0 radical (unpaired) electrons. The minimum atomic E-state index is -4.50. The van der Waals surface area contributed by atoms with E-state index >= 15 is 0 Å². The van der Waals surface area contributed by atoms with E-state index in [1.807, 2.05) is 55.5 Å². The zero-order valence-electron chi connectivity index (χ0n) is 23.5. The van der Waals surface area contributed by atoms with Gasteiger partial charge in [-0.15, -0.1) is 0 Å². The molecule has 2 aromatic heterocycles. The van der Waals surface area contributed by atoms with Crippen LogP contribution in [0.3, 0.4) is 0 Å². The number of benzene rings is 3. The Labute approximate surface area is 246 Å². The van der Waals surface area contributed by atoms with Crippen molar-refractivity contribution in [3.8, 4) is 33.7 Å². The molecule has 0 aliphatic heterocycles. The summed E-state index contributed by atoms with van der Waals surface area (Å²) in [4.78, 5) is 16.5. The van der Waals surface area contributed by atoms with Gasteiger partial charge in [0.05, 0.1) is 17.2 Å². The van der Waals surface area contributed by atoms with Gasteiger partial charge in [-0.2, -0.15) is 13.2 Å². The van der Waals surface area contributed by atoms with E-state index in [0.29, 0.717) is 23.0 Å². The lowest BCUT2D eigenvalue weighted by atomic mass is 10.0. The summed E-state index contributed by atoms with van der Waals surface area (Å²) in [7, 11) is 0. The molecule has 3 aromatic carbocycles. The molecular formula is C34H28F3N3O3. The van der Waals surface area contributed by atoms with E-state index in [4.69, 9.17) is 9.26 Å². The van der Waals surface area contributed by atoms with E-state index < -0.39 is 11.7 Å². The summed E-state index contributed by atoms with van der Waals surface area (Å²) in [6.07, 6.45) is -2.98. The number of anilines is 2. The number of aromatic nitrogens is 2. The number of carbonyl (C=O) groups excluding carboxylic acids is 1. The molecule has 1 fully saturated rings. The Morgan fingerprint density at radius 2 is 1.56 bits per heavy atom. The Morgan fingerprint density at radius 3 is 2.23 bits per heavy atom. The highest BCUT2D eigenvalue weighted by molar-refractivity contribution is 5.80. The van der Waals surface area contributed by atoms with E-state index in [1.54, 1.807) is 31.2 Å². The summed E-state index contributed by atoms with van der Waals surface area (Å²) >= 11 is 0. The predicted octanol–water partition coefficient (Wildman–Crippen LogP) is 9.16. The number of pyridine rings is 1. The van der Waals surface area contributed by atoms with Gasteiger partial charge in [-0.25, -0.2) is 4.98 Å². The average Bonchev–Trinajstić information content (AvgIpc) is 3.81. The van der Waals surface area contributed by atoms with Gasteiger partial charge < -0.3 is 14.6 Å². The molecule has 1 aliphatic rings.